The third kappa shape index (κ3) is 4.74. The number of rotatable bonds is 6. The number of methoxy groups -OCH3 is 1. The number of anilines is 3. The van der Waals surface area contributed by atoms with Crippen LogP contribution in [-0.4, -0.2) is 48.1 Å². The minimum atomic E-state index is -0.484. The molecule has 2 atom stereocenters. The van der Waals surface area contributed by atoms with E-state index in [2.05, 4.69) is 15.5 Å². The van der Waals surface area contributed by atoms with Crippen LogP contribution in [0.25, 0.3) is 0 Å². The van der Waals surface area contributed by atoms with Crippen LogP contribution in [0.1, 0.15) is 29.3 Å². The summed E-state index contributed by atoms with van der Waals surface area (Å²) in [6, 6.07) is 15.0. The lowest BCUT2D eigenvalue weighted by Gasteiger charge is -2.17. The second-order valence-electron chi connectivity index (χ2n) is 8.78. The van der Waals surface area contributed by atoms with Crippen LogP contribution in [0.3, 0.4) is 0 Å². The fourth-order valence-corrected chi connectivity index (χ4v) is 5.31. The van der Waals surface area contributed by atoms with E-state index in [-0.39, 0.29) is 30.1 Å². The first-order chi connectivity index (χ1) is 16.9. The molecular formula is C25H25N5O4S. The molecule has 2 aliphatic rings. The summed E-state index contributed by atoms with van der Waals surface area (Å²) in [5.74, 6) is -0.182. The van der Waals surface area contributed by atoms with E-state index in [1.54, 1.807) is 41.2 Å². The van der Waals surface area contributed by atoms with Crippen molar-refractivity contribution in [3.05, 3.63) is 59.1 Å². The summed E-state index contributed by atoms with van der Waals surface area (Å²) < 4.78 is 5.16. The fourth-order valence-electron chi connectivity index (χ4n) is 4.47. The molecule has 2 aliphatic heterocycles. The van der Waals surface area contributed by atoms with Gasteiger partial charge in [-0.15, -0.1) is 10.2 Å². The lowest BCUT2D eigenvalue weighted by molar-refractivity contribution is -0.122. The van der Waals surface area contributed by atoms with E-state index in [4.69, 9.17) is 4.74 Å². The maximum absolute atomic E-state index is 12.9. The molecule has 3 heterocycles. The number of hydrogen-bond donors (Lipinski definition) is 1. The number of ether oxygens (including phenoxy) is 1. The van der Waals surface area contributed by atoms with Crippen LogP contribution >= 0.6 is 11.3 Å². The Kier molecular flexibility index (Phi) is 6.21. The van der Waals surface area contributed by atoms with Crippen molar-refractivity contribution in [1.82, 2.24) is 10.2 Å². The number of benzene rings is 2. The Bertz CT molecular complexity index is 1270. The highest BCUT2D eigenvalue weighted by Gasteiger charge is 2.37. The number of aromatic nitrogens is 2. The Balaban J connectivity index is 1.21. The highest BCUT2D eigenvalue weighted by Crippen LogP contribution is 2.35. The van der Waals surface area contributed by atoms with Crippen LogP contribution in [0.4, 0.5) is 16.5 Å². The molecule has 5 rings (SSSR count). The van der Waals surface area contributed by atoms with Crippen LogP contribution in [0, 0.1) is 12.8 Å². The molecule has 2 saturated heterocycles. The predicted molar refractivity (Wildman–Crippen MR) is 133 cm³/mol. The Morgan fingerprint density at radius 3 is 2.49 bits per heavy atom. The lowest BCUT2D eigenvalue weighted by atomic mass is 10.1. The average Bonchev–Trinajstić information content (AvgIpc) is 3.57. The molecule has 9 nitrogen and oxygen atoms in total. The van der Waals surface area contributed by atoms with Gasteiger partial charge < -0.3 is 19.9 Å². The predicted octanol–water partition coefficient (Wildman–Crippen LogP) is 3.37. The van der Waals surface area contributed by atoms with Crippen LogP contribution in [0.5, 0.6) is 5.75 Å². The number of aryl methyl sites for hydroxylation is 1. The van der Waals surface area contributed by atoms with E-state index in [1.807, 2.05) is 31.2 Å². The van der Waals surface area contributed by atoms with Gasteiger partial charge in [-0.1, -0.05) is 23.5 Å². The zero-order valence-corrected chi connectivity index (χ0v) is 20.2. The highest BCUT2D eigenvalue weighted by atomic mass is 32.1. The van der Waals surface area contributed by atoms with Gasteiger partial charge in [-0.2, -0.15) is 0 Å². The van der Waals surface area contributed by atoms with Gasteiger partial charge >= 0.3 is 0 Å². The van der Waals surface area contributed by atoms with Crippen LogP contribution < -0.4 is 19.9 Å². The standard InChI is InChI=1S/C25H25N5O4S/c1-15-4-3-5-19(10-15)30-14-17(12-22(30)32)24-27-28-25(35-24)26-23(33)16-11-21(31)29(13-16)18-6-8-20(34-2)9-7-18/h3-10,16-17H,11-14H2,1-2H3,(H,26,28,33). The first-order valence-electron chi connectivity index (χ1n) is 11.4. The number of hydrogen-bond acceptors (Lipinski definition) is 7. The van der Waals surface area contributed by atoms with E-state index >= 15 is 0 Å². The first-order valence-corrected chi connectivity index (χ1v) is 12.2. The topological polar surface area (TPSA) is 105 Å². The Labute approximate surface area is 206 Å². The van der Waals surface area contributed by atoms with Gasteiger partial charge in [-0.05, 0) is 48.9 Å². The van der Waals surface area contributed by atoms with Crippen molar-refractivity contribution in [1.29, 1.82) is 0 Å². The molecule has 1 aromatic heterocycles. The maximum Gasteiger partial charge on any atom is 0.231 e. The maximum atomic E-state index is 12.9. The molecule has 180 valence electrons. The van der Waals surface area contributed by atoms with Gasteiger partial charge in [0.15, 0.2) is 0 Å². The zero-order valence-electron chi connectivity index (χ0n) is 19.4. The quantitative estimate of drug-likeness (QED) is 0.567. The molecule has 0 saturated carbocycles. The van der Waals surface area contributed by atoms with Gasteiger partial charge in [-0.25, -0.2) is 0 Å². The monoisotopic (exact) mass is 491 g/mol. The van der Waals surface area contributed by atoms with Crippen molar-refractivity contribution < 1.29 is 19.1 Å². The van der Waals surface area contributed by atoms with Crippen molar-refractivity contribution in [2.75, 3.05) is 35.3 Å². The molecule has 0 spiro atoms. The Morgan fingerprint density at radius 2 is 1.74 bits per heavy atom. The molecule has 10 heteroatoms. The summed E-state index contributed by atoms with van der Waals surface area (Å²) >= 11 is 1.28. The summed E-state index contributed by atoms with van der Waals surface area (Å²) in [6.45, 7) is 2.82. The van der Waals surface area contributed by atoms with E-state index in [1.165, 1.54) is 11.3 Å². The lowest BCUT2D eigenvalue weighted by Crippen LogP contribution is -2.28. The molecule has 2 unspecified atom stereocenters. The van der Waals surface area contributed by atoms with Crippen molar-refractivity contribution in [3.8, 4) is 5.75 Å². The van der Waals surface area contributed by atoms with E-state index in [0.717, 1.165) is 16.9 Å². The normalized spacial score (nSPS) is 19.9. The molecule has 2 aromatic carbocycles. The van der Waals surface area contributed by atoms with Crippen LogP contribution in [-0.2, 0) is 14.4 Å². The third-order valence-electron chi connectivity index (χ3n) is 6.34. The number of nitrogens with zero attached hydrogens (tertiary/aromatic N) is 4. The summed E-state index contributed by atoms with van der Waals surface area (Å²) in [6.07, 6.45) is 0.483. The van der Waals surface area contributed by atoms with Gasteiger partial charge in [0, 0.05) is 43.2 Å². The molecule has 0 bridgehead atoms. The summed E-state index contributed by atoms with van der Waals surface area (Å²) in [7, 11) is 1.58. The molecule has 3 amide bonds. The third-order valence-corrected chi connectivity index (χ3v) is 7.34. The average molecular weight is 492 g/mol. The van der Waals surface area contributed by atoms with E-state index in [9.17, 15) is 14.4 Å². The second-order valence-corrected chi connectivity index (χ2v) is 9.79. The van der Waals surface area contributed by atoms with Gasteiger partial charge in [0.25, 0.3) is 0 Å². The number of amides is 3. The van der Waals surface area contributed by atoms with E-state index < -0.39 is 5.92 Å². The molecular weight excluding hydrogens is 466 g/mol. The number of carbonyl (C=O) groups is 3. The number of carbonyl (C=O) groups excluding carboxylic acids is 3. The van der Waals surface area contributed by atoms with Crippen molar-refractivity contribution in [2.24, 2.45) is 5.92 Å². The number of nitrogens with one attached hydrogen (secondary N) is 1. The van der Waals surface area contributed by atoms with Gasteiger partial charge in [0.1, 0.15) is 10.8 Å². The first kappa shape index (κ1) is 23.0. The van der Waals surface area contributed by atoms with E-state index in [0.29, 0.717) is 35.4 Å². The Hall–Kier alpha value is -3.79. The van der Waals surface area contributed by atoms with Gasteiger partial charge in [0.05, 0.1) is 13.0 Å². The van der Waals surface area contributed by atoms with Gasteiger partial charge in [0.2, 0.25) is 22.9 Å². The van der Waals surface area contributed by atoms with Crippen LogP contribution in [0.15, 0.2) is 48.5 Å². The van der Waals surface area contributed by atoms with Crippen molar-refractivity contribution >= 4 is 45.6 Å². The Morgan fingerprint density at radius 1 is 1.00 bits per heavy atom. The second kappa shape index (κ2) is 9.46. The fraction of sp³-hybridized carbons (Fsp3) is 0.320. The molecule has 1 N–H and O–H groups in total. The minimum Gasteiger partial charge on any atom is -0.497 e. The van der Waals surface area contributed by atoms with Crippen molar-refractivity contribution in [3.63, 3.8) is 0 Å². The highest BCUT2D eigenvalue weighted by molar-refractivity contribution is 7.15. The molecule has 0 aliphatic carbocycles. The SMILES string of the molecule is COc1ccc(N2CC(C(=O)Nc3nnc(C4CC(=O)N(c5cccc(C)c5)C4)s3)CC2=O)cc1. The van der Waals surface area contributed by atoms with Gasteiger partial charge in [-0.3, -0.25) is 14.4 Å². The molecule has 2 fully saturated rings. The summed E-state index contributed by atoms with van der Waals surface area (Å²) in [5.41, 5.74) is 2.70. The largest absolute Gasteiger partial charge is 0.497 e. The van der Waals surface area contributed by atoms with Crippen LogP contribution in [0.2, 0.25) is 0 Å². The molecule has 0 radical (unpaired) electrons. The summed E-state index contributed by atoms with van der Waals surface area (Å²) in [5, 5.41) is 12.3. The smallest absolute Gasteiger partial charge is 0.231 e. The molecule has 35 heavy (non-hydrogen) atoms. The minimum absolute atomic E-state index is 0.0458. The zero-order chi connectivity index (χ0) is 24.5. The van der Waals surface area contributed by atoms with Crippen molar-refractivity contribution in [2.45, 2.75) is 25.7 Å². The summed E-state index contributed by atoms with van der Waals surface area (Å²) in [4.78, 5) is 41.4. The molecule has 3 aromatic rings.